The summed E-state index contributed by atoms with van der Waals surface area (Å²) >= 11 is 3.05. The summed E-state index contributed by atoms with van der Waals surface area (Å²) < 4.78 is 13.8. The van der Waals surface area contributed by atoms with Crippen molar-refractivity contribution in [2.75, 3.05) is 0 Å². The van der Waals surface area contributed by atoms with Crippen LogP contribution in [-0.4, -0.2) is 16.2 Å². The normalized spacial score (nSPS) is 11.6. The SMILES string of the molecule is Cc1c(F)cc(Br)c(O)c1C(C)(C)CC(=O)O. The smallest absolute Gasteiger partial charge is 0.304 e. The van der Waals surface area contributed by atoms with E-state index in [1.807, 2.05) is 0 Å². The molecular weight excluding hydrogens is 291 g/mol. The molecule has 3 nitrogen and oxygen atoms in total. The second-order valence-electron chi connectivity index (χ2n) is 4.64. The van der Waals surface area contributed by atoms with Crippen molar-refractivity contribution in [3.05, 3.63) is 27.5 Å². The second kappa shape index (κ2) is 4.64. The van der Waals surface area contributed by atoms with Gasteiger partial charge < -0.3 is 10.2 Å². The minimum absolute atomic E-state index is 0.102. The van der Waals surface area contributed by atoms with Crippen LogP contribution in [0.25, 0.3) is 0 Å². The van der Waals surface area contributed by atoms with Crippen molar-refractivity contribution < 1.29 is 19.4 Å². The van der Waals surface area contributed by atoms with E-state index in [-0.39, 0.29) is 22.2 Å². The van der Waals surface area contributed by atoms with E-state index in [2.05, 4.69) is 15.9 Å². The van der Waals surface area contributed by atoms with Crippen LogP contribution in [0.3, 0.4) is 0 Å². The van der Waals surface area contributed by atoms with Gasteiger partial charge in [0.05, 0.1) is 10.9 Å². The molecule has 94 valence electrons. The molecule has 0 saturated carbocycles. The molecule has 0 fully saturated rings. The Labute approximate surface area is 107 Å². The molecule has 0 aliphatic carbocycles. The van der Waals surface area contributed by atoms with Crippen molar-refractivity contribution in [1.82, 2.24) is 0 Å². The molecule has 0 aliphatic heterocycles. The Balaban J connectivity index is 3.44. The second-order valence-corrected chi connectivity index (χ2v) is 5.50. The minimum atomic E-state index is -0.991. The number of rotatable bonds is 3. The summed E-state index contributed by atoms with van der Waals surface area (Å²) in [5, 5.41) is 18.8. The number of hydrogen-bond acceptors (Lipinski definition) is 2. The maximum absolute atomic E-state index is 13.6. The van der Waals surface area contributed by atoms with Crippen molar-refractivity contribution in [2.45, 2.75) is 32.6 Å². The fraction of sp³-hybridized carbons (Fsp3) is 0.417. The van der Waals surface area contributed by atoms with E-state index >= 15 is 0 Å². The number of benzene rings is 1. The van der Waals surface area contributed by atoms with Gasteiger partial charge in [-0.05, 0) is 34.5 Å². The summed E-state index contributed by atoms with van der Waals surface area (Å²) in [6.45, 7) is 4.85. The lowest BCUT2D eigenvalue weighted by molar-refractivity contribution is -0.138. The molecule has 0 spiro atoms. The van der Waals surface area contributed by atoms with Crippen molar-refractivity contribution in [2.24, 2.45) is 0 Å². The highest BCUT2D eigenvalue weighted by Crippen LogP contribution is 2.41. The molecule has 0 atom stereocenters. The van der Waals surface area contributed by atoms with Gasteiger partial charge in [-0.1, -0.05) is 13.8 Å². The number of carbonyl (C=O) groups is 1. The maximum atomic E-state index is 13.6. The molecule has 17 heavy (non-hydrogen) atoms. The molecule has 0 heterocycles. The molecule has 0 amide bonds. The van der Waals surface area contributed by atoms with E-state index in [1.54, 1.807) is 13.8 Å². The first kappa shape index (κ1) is 14.0. The quantitative estimate of drug-likeness (QED) is 0.900. The zero-order valence-corrected chi connectivity index (χ0v) is 11.4. The van der Waals surface area contributed by atoms with E-state index in [4.69, 9.17) is 5.11 Å². The maximum Gasteiger partial charge on any atom is 0.304 e. The number of carboxylic acid groups (broad SMARTS) is 1. The average molecular weight is 305 g/mol. The van der Waals surface area contributed by atoms with Gasteiger partial charge in [0.1, 0.15) is 11.6 Å². The highest BCUT2D eigenvalue weighted by Gasteiger charge is 2.31. The molecule has 0 radical (unpaired) electrons. The third-order valence-electron chi connectivity index (χ3n) is 2.72. The molecule has 0 bridgehead atoms. The van der Waals surface area contributed by atoms with Gasteiger partial charge >= 0.3 is 5.97 Å². The zero-order chi connectivity index (χ0) is 13.4. The largest absolute Gasteiger partial charge is 0.506 e. The Morgan fingerprint density at radius 2 is 2.06 bits per heavy atom. The van der Waals surface area contributed by atoms with E-state index < -0.39 is 17.2 Å². The summed E-state index contributed by atoms with van der Waals surface area (Å²) in [6, 6.07) is 1.17. The van der Waals surface area contributed by atoms with Crippen LogP contribution in [0.4, 0.5) is 4.39 Å². The topological polar surface area (TPSA) is 57.5 Å². The molecule has 5 heteroatoms. The summed E-state index contributed by atoms with van der Waals surface area (Å²) in [5.41, 5.74) is -0.242. The molecule has 0 unspecified atom stereocenters. The van der Waals surface area contributed by atoms with E-state index in [0.717, 1.165) is 0 Å². The van der Waals surface area contributed by atoms with Crippen molar-refractivity contribution in [3.8, 4) is 5.75 Å². The van der Waals surface area contributed by atoms with Crippen LogP contribution in [0.5, 0.6) is 5.75 Å². The first-order valence-electron chi connectivity index (χ1n) is 5.06. The van der Waals surface area contributed by atoms with Gasteiger partial charge in [-0.3, -0.25) is 4.79 Å². The van der Waals surface area contributed by atoms with Crippen LogP contribution in [-0.2, 0) is 10.2 Å². The number of phenolic OH excluding ortho intramolecular Hbond substituents is 1. The van der Waals surface area contributed by atoms with Crippen molar-refractivity contribution in [1.29, 1.82) is 0 Å². The van der Waals surface area contributed by atoms with E-state index in [9.17, 15) is 14.3 Å². The third kappa shape index (κ3) is 2.77. The molecule has 0 aromatic heterocycles. The zero-order valence-electron chi connectivity index (χ0n) is 9.84. The van der Waals surface area contributed by atoms with Gasteiger partial charge in [0.15, 0.2) is 0 Å². The van der Waals surface area contributed by atoms with Crippen LogP contribution in [0, 0.1) is 12.7 Å². The molecule has 1 aromatic carbocycles. The predicted octanol–water partition coefficient (Wildman–Crippen LogP) is 3.35. The van der Waals surface area contributed by atoms with Gasteiger partial charge in [-0.2, -0.15) is 0 Å². The van der Waals surface area contributed by atoms with Crippen LogP contribution in [0.2, 0.25) is 0 Å². The van der Waals surface area contributed by atoms with Crippen molar-refractivity contribution >= 4 is 21.9 Å². The molecule has 0 saturated heterocycles. The third-order valence-corrected chi connectivity index (χ3v) is 3.32. The van der Waals surface area contributed by atoms with Crippen LogP contribution in [0.1, 0.15) is 31.4 Å². The Morgan fingerprint density at radius 1 is 1.53 bits per heavy atom. The summed E-state index contributed by atoms with van der Waals surface area (Å²) in [5.74, 6) is -1.56. The number of aliphatic carboxylic acids is 1. The van der Waals surface area contributed by atoms with Gasteiger partial charge in [0.25, 0.3) is 0 Å². The van der Waals surface area contributed by atoms with Crippen LogP contribution >= 0.6 is 15.9 Å². The standard InChI is InChI=1S/C12H14BrFO3/c1-6-8(14)4-7(13)11(17)10(6)12(2,3)5-9(15)16/h4,17H,5H2,1-3H3,(H,15,16). The first-order chi connectivity index (χ1) is 7.66. The minimum Gasteiger partial charge on any atom is -0.506 e. The van der Waals surface area contributed by atoms with Gasteiger partial charge in [0, 0.05) is 11.0 Å². The van der Waals surface area contributed by atoms with Crippen LogP contribution in [0.15, 0.2) is 10.5 Å². The molecular formula is C12H14BrFO3. The molecule has 1 rings (SSSR count). The van der Waals surface area contributed by atoms with E-state index in [1.165, 1.54) is 13.0 Å². The first-order valence-corrected chi connectivity index (χ1v) is 5.86. The molecule has 2 N–H and O–H groups in total. The highest BCUT2D eigenvalue weighted by atomic mass is 79.9. The molecule has 0 aliphatic rings. The summed E-state index contributed by atoms with van der Waals surface area (Å²) in [6.07, 6.45) is -0.183. The lowest BCUT2D eigenvalue weighted by Gasteiger charge is -2.27. The number of phenols is 1. The number of halogens is 2. The Kier molecular flexibility index (Phi) is 3.81. The van der Waals surface area contributed by atoms with E-state index in [0.29, 0.717) is 5.56 Å². The van der Waals surface area contributed by atoms with Gasteiger partial charge in [0.2, 0.25) is 0 Å². The summed E-state index contributed by atoms with van der Waals surface area (Å²) in [4.78, 5) is 10.8. The Morgan fingerprint density at radius 3 is 2.53 bits per heavy atom. The monoisotopic (exact) mass is 304 g/mol. The summed E-state index contributed by atoms with van der Waals surface area (Å²) in [7, 11) is 0. The Hall–Kier alpha value is -1.10. The number of hydrogen-bond donors (Lipinski definition) is 2. The van der Waals surface area contributed by atoms with Crippen LogP contribution < -0.4 is 0 Å². The number of aromatic hydroxyl groups is 1. The fourth-order valence-electron chi connectivity index (χ4n) is 2.00. The molecule has 1 aromatic rings. The van der Waals surface area contributed by atoms with Gasteiger partial charge in [-0.15, -0.1) is 0 Å². The lowest BCUT2D eigenvalue weighted by atomic mass is 9.78. The van der Waals surface area contributed by atoms with Crippen molar-refractivity contribution in [3.63, 3.8) is 0 Å². The highest BCUT2D eigenvalue weighted by molar-refractivity contribution is 9.10. The Bertz CT molecular complexity index is 443. The predicted molar refractivity (Wildman–Crippen MR) is 65.8 cm³/mol. The number of carboxylic acids is 1. The average Bonchev–Trinajstić information content (AvgIpc) is 2.12. The van der Waals surface area contributed by atoms with Gasteiger partial charge in [-0.25, -0.2) is 4.39 Å². The lowest BCUT2D eigenvalue weighted by Crippen LogP contribution is -2.23. The fourth-order valence-corrected chi connectivity index (χ4v) is 2.40.